The van der Waals surface area contributed by atoms with Gasteiger partial charge in [-0.25, -0.2) is 10.1 Å². The number of halogens is 2. The van der Waals surface area contributed by atoms with E-state index in [1.165, 1.54) is 10.9 Å². The minimum atomic E-state index is -0.535. The van der Waals surface area contributed by atoms with Gasteiger partial charge in [0.2, 0.25) is 0 Å². The molecule has 0 spiro atoms. The summed E-state index contributed by atoms with van der Waals surface area (Å²) in [4.78, 5) is 25.3. The molecule has 7 nitrogen and oxygen atoms in total. The smallest absolute Gasteiger partial charge is 0.292 e. The third-order valence-electron chi connectivity index (χ3n) is 4.70. The summed E-state index contributed by atoms with van der Waals surface area (Å²) in [6.07, 6.45) is 2.08. The van der Waals surface area contributed by atoms with Gasteiger partial charge in [-0.3, -0.25) is 9.59 Å². The first-order chi connectivity index (χ1) is 15.5. The summed E-state index contributed by atoms with van der Waals surface area (Å²) in [6.45, 7) is 2.34. The van der Waals surface area contributed by atoms with Crippen LogP contribution in [0.25, 0.3) is 22.1 Å². The van der Waals surface area contributed by atoms with Gasteiger partial charge in [-0.05, 0) is 42.8 Å². The average molecular weight is 469 g/mol. The summed E-state index contributed by atoms with van der Waals surface area (Å²) in [5.41, 5.74) is 2.98. The molecular formula is C23H18Cl2N4O3. The molecule has 0 aliphatic heterocycles. The minimum Gasteiger partial charge on any atom is -0.455 e. The highest BCUT2D eigenvalue weighted by atomic mass is 35.5. The van der Waals surface area contributed by atoms with Gasteiger partial charge in [0.1, 0.15) is 11.5 Å². The molecule has 2 heterocycles. The van der Waals surface area contributed by atoms with Crippen molar-refractivity contribution in [2.45, 2.75) is 19.9 Å². The molecule has 0 atom stereocenters. The number of furan rings is 1. The fourth-order valence-electron chi connectivity index (χ4n) is 3.23. The number of hydrazone groups is 1. The van der Waals surface area contributed by atoms with Crippen LogP contribution in [0.2, 0.25) is 10.0 Å². The Morgan fingerprint density at radius 3 is 2.72 bits per heavy atom. The molecule has 9 heteroatoms. The molecule has 0 radical (unpaired) electrons. The van der Waals surface area contributed by atoms with E-state index >= 15 is 0 Å². The van der Waals surface area contributed by atoms with Crippen LogP contribution in [0.15, 0.2) is 68.9 Å². The standard InChI is InChI=1S/C23H18Cl2N4O3/c1-2-11-29-23(31)17-6-4-3-5-16(17)21(28-29)22(30)27-26-13-15-8-10-20(32-15)18-12-14(24)7-9-19(18)25/h3-10,12-13H,2,11H2,1H3,(H,27,30)/b26-13+. The highest BCUT2D eigenvalue weighted by molar-refractivity contribution is 6.35. The molecule has 0 bridgehead atoms. The van der Waals surface area contributed by atoms with Gasteiger partial charge in [0, 0.05) is 22.5 Å². The summed E-state index contributed by atoms with van der Waals surface area (Å²) in [6, 6.07) is 15.4. The number of carbonyl (C=O) groups is 1. The number of amides is 1. The lowest BCUT2D eigenvalue weighted by molar-refractivity contribution is 0.0949. The number of aryl methyl sites for hydroxylation is 1. The van der Waals surface area contributed by atoms with Crippen LogP contribution in [0.3, 0.4) is 0 Å². The molecule has 2 aromatic heterocycles. The van der Waals surface area contributed by atoms with Gasteiger partial charge in [-0.1, -0.05) is 48.3 Å². The molecule has 1 N–H and O–H groups in total. The van der Waals surface area contributed by atoms with Crippen molar-refractivity contribution in [3.05, 3.63) is 86.5 Å². The van der Waals surface area contributed by atoms with E-state index in [1.807, 2.05) is 6.92 Å². The van der Waals surface area contributed by atoms with Crippen LogP contribution < -0.4 is 11.0 Å². The number of aromatic nitrogens is 2. The van der Waals surface area contributed by atoms with Gasteiger partial charge in [0.15, 0.2) is 5.69 Å². The zero-order chi connectivity index (χ0) is 22.7. The average Bonchev–Trinajstić information content (AvgIpc) is 3.26. The van der Waals surface area contributed by atoms with Crippen molar-refractivity contribution < 1.29 is 9.21 Å². The van der Waals surface area contributed by atoms with E-state index in [2.05, 4.69) is 15.6 Å². The van der Waals surface area contributed by atoms with Crippen molar-refractivity contribution in [1.82, 2.24) is 15.2 Å². The molecule has 0 unspecified atom stereocenters. The first-order valence-corrected chi connectivity index (χ1v) is 10.6. The van der Waals surface area contributed by atoms with E-state index in [0.717, 1.165) is 0 Å². The van der Waals surface area contributed by atoms with Gasteiger partial charge in [-0.15, -0.1) is 0 Å². The van der Waals surface area contributed by atoms with Crippen LogP contribution in [0, 0.1) is 0 Å². The first-order valence-electron chi connectivity index (χ1n) is 9.86. The van der Waals surface area contributed by atoms with E-state index in [4.69, 9.17) is 27.6 Å². The van der Waals surface area contributed by atoms with Crippen LogP contribution >= 0.6 is 23.2 Å². The van der Waals surface area contributed by atoms with Gasteiger partial charge in [0.25, 0.3) is 11.5 Å². The number of hydrogen-bond donors (Lipinski definition) is 1. The second kappa shape index (κ2) is 9.38. The van der Waals surface area contributed by atoms with E-state index in [9.17, 15) is 9.59 Å². The van der Waals surface area contributed by atoms with Crippen LogP contribution in [0.4, 0.5) is 0 Å². The molecule has 0 aliphatic carbocycles. The number of nitrogens with one attached hydrogen (secondary N) is 1. The number of hydrogen-bond acceptors (Lipinski definition) is 5. The highest BCUT2D eigenvalue weighted by Crippen LogP contribution is 2.31. The van der Waals surface area contributed by atoms with Crippen LogP contribution in [-0.4, -0.2) is 21.9 Å². The molecule has 32 heavy (non-hydrogen) atoms. The Kier molecular flexibility index (Phi) is 6.39. The molecule has 162 valence electrons. The second-order valence-electron chi connectivity index (χ2n) is 6.95. The second-order valence-corrected chi connectivity index (χ2v) is 7.79. The molecule has 0 aliphatic rings. The normalized spacial score (nSPS) is 11.3. The van der Waals surface area contributed by atoms with Crippen molar-refractivity contribution in [2.24, 2.45) is 5.10 Å². The Morgan fingerprint density at radius 1 is 1.16 bits per heavy atom. The lowest BCUT2D eigenvalue weighted by Gasteiger charge is -2.09. The van der Waals surface area contributed by atoms with Crippen molar-refractivity contribution >= 4 is 46.1 Å². The first kappa shape index (κ1) is 21.8. The summed E-state index contributed by atoms with van der Waals surface area (Å²) in [7, 11) is 0. The fraction of sp³-hybridized carbons (Fsp3) is 0.130. The number of fused-ring (bicyclic) bond motifs is 1. The number of nitrogens with zero attached hydrogens (tertiary/aromatic N) is 3. The van der Waals surface area contributed by atoms with Crippen LogP contribution in [0.1, 0.15) is 29.6 Å². The summed E-state index contributed by atoms with van der Waals surface area (Å²) in [5, 5.41) is 10.1. The molecule has 4 rings (SSSR count). The van der Waals surface area contributed by atoms with Gasteiger partial charge >= 0.3 is 0 Å². The number of benzene rings is 2. The largest absolute Gasteiger partial charge is 0.455 e. The quantitative estimate of drug-likeness (QED) is 0.313. The monoisotopic (exact) mass is 468 g/mol. The minimum absolute atomic E-state index is 0.122. The third kappa shape index (κ3) is 4.44. The summed E-state index contributed by atoms with van der Waals surface area (Å²) >= 11 is 12.2. The van der Waals surface area contributed by atoms with Gasteiger partial charge in [0.05, 0.1) is 16.6 Å². The molecule has 0 saturated carbocycles. The lowest BCUT2D eigenvalue weighted by Crippen LogP contribution is -2.29. The van der Waals surface area contributed by atoms with Crippen molar-refractivity contribution in [1.29, 1.82) is 0 Å². The highest BCUT2D eigenvalue weighted by Gasteiger charge is 2.16. The van der Waals surface area contributed by atoms with Gasteiger partial charge in [-0.2, -0.15) is 10.2 Å². The van der Waals surface area contributed by atoms with Crippen LogP contribution in [0.5, 0.6) is 0 Å². The number of carbonyl (C=O) groups excluding carboxylic acids is 1. The van der Waals surface area contributed by atoms with Crippen molar-refractivity contribution in [3.8, 4) is 11.3 Å². The van der Waals surface area contributed by atoms with Gasteiger partial charge < -0.3 is 4.42 Å². The molecule has 0 saturated heterocycles. The Morgan fingerprint density at radius 2 is 1.94 bits per heavy atom. The predicted octanol–water partition coefficient (Wildman–Crippen LogP) is 5.14. The third-order valence-corrected chi connectivity index (χ3v) is 5.26. The van der Waals surface area contributed by atoms with E-state index in [-0.39, 0.29) is 11.3 Å². The predicted molar refractivity (Wildman–Crippen MR) is 126 cm³/mol. The summed E-state index contributed by atoms with van der Waals surface area (Å²) in [5.74, 6) is 0.390. The molecule has 4 aromatic rings. The van der Waals surface area contributed by atoms with E-state index in [1.54, 1.807) is 54.6 Å². The van der Waals surface area contributed by atoms with Crippen molar-refractivity contribution in [3.63, 3.8) is 0 Å². The van der Waals surface area contributed by atoms with E-state index < -0.39 is 5.91 Å². The Balaban J connectivity index is 1.56. The molecule has 2 aromatic carbocycles. The molecule has 1 amide bonds. The summed E-state index contributed by atoms with van der Waals surface area (Å²) < 4.78 is 7.03. The maximum absolute atomic E-state index is 12.8. The van der Waals surface area contributed by atoms with E-state index in [0.29, 0.717) is 50.9 Å². The SMILES string of the molecule is CCCn1nc(C(=O)N/N=C/c2ccc(-c3cc(Cl)ccc3Cl)o2)c2ccccc2c1=O. The Bertz CT molecular complexity index is 1390. The molecular weight excluding hydrogens is 451 g/mol. The zero-order valence-electron chi connectivity index (χ0n) is 17.0. The molecule has 0 fully saturated rings. The van der Waals surface area contributed by atoms with Crippen LogP contribution in [-0.2, 0) is 6.54 Å². The maximum Gasteiger partial charge on any atom is 0.292 e. The Hall–Kier alpha value is -3.42. The van der Waals surface area contributed by atoms with Crippen molar-refractivity contribution in [2.75, 3.05) is 0 Å². The maximum atomic E-state index is 12.8. The lowest BCUT2D eigenvalue weighted by atomic mass is 10.1. The topological polar surface area (TPSA) is 89.5 Å². The zero-order valence-corrected chi connectivity index (χ0v) is 18.5. The Labute approximate surface area is 193 Å². The number of rotatable bonds is 6. The fourth-order valence-corrected chi connectivity index (χ4v) is 3.61.